The number of nitriles is 1. The number of aromatic nitrogens is 1. The fourth-order valence-corrected chi connectivity index (χ4v) is 1.72. The van der Waals surface area contributed by atoms with Gasteiger partial charge < -0.3 is 15.5 Å². The highest BCUT2D eigenvalue weighted by Gasteiger charge is 2.15. The molecule has 92 valence electrons. The van der Waals surface area contributed by atoms with Crippen molar-refractivity contribution in [3.63, 3.8) is 0 Å². The molecule has 0 spiro atoms. The van der Waals surface area contributed by atoms with Crippen LogP contribution < -0.4 is 15.5 Å². The summed E-state index contributed by atoms with van der Waals surface area (Å²) in [6, 6.07) is 4.06. The molecule has 0 radical (unpaired) electrons. The molecule has 17 heavy (non-hydrogen) atoms. The zero-order valence-electron chi connectivity index (χ0n) is 10.8. The maximum absolute atomic E-state index is 9.26. The van der Waals surface area contributed by atoms with Crippen LogP contribution in [0.2, 0.25) is 0 Å². The largest absolute Gasteiger partial charge is 0.387 e. The molecule has 1 rings (SSSR count). The number of nitrogens with zero attached hydrogens (tertiary/aromatic N) is 3. The zero-order valence-corrected chi connectivity index (χ0v) is 10.8. The van der Waals surface area contributed by atoms with Gasteiger partial charge in [-0.3, -0.25) is 0 Å². The Kier molecular flexibility index (Phi) is 4.58. The summed E-state index contributed by atoms with van der Waals surface area (Å²) < 4.78 is 0. The van der Waals surface area contributed by atoms with Crippen LogP contribution in [-0.4, -0.2) is 32.2 Å². The summed E-state index contributed by atoms with van der Waals surface area (Å²) in [5.74, 6) is 1.49. The van der Waals surface area contributed by atoms with Crippen molar-refractivity contribution < 1.29 is 0 Å². The van der Waals surface area contributed by atoms with E-state index in [9.17, 15) is 5.26 Å². The van der Waals surface area contributed by atoms with Crippen molar-refractivity contribution in [2.24, 2.45) is 0 Å². The Hall–Kier alpha value is -1.96. The van der Waals surface area contributed by atoms with Crippen molar-refractivity contribution in [1.82, 2.24) is 4.98 Å². The van der Waals surface area contributed by atoms with E-state index in [1.54, 1.807) is 0 Å². The van der Waals surface area contributed by atoms with Gasteiger partial charge in [-0.05, 0) is 13.8 Å². The summed E-state index contributed by atoms with van der Waals surface area (Å²) in [5.41, 5.74) is 1.39. The first-order valence-corrected chi connectivity index (χ1v) is 5.77. The number of anilines is 3. The minimum atomic E-state index is 0.593. The number of pyridine rings is 1. The lowest BCUT2D eigenvalue weighted by Gasteiger charge is -2.22. The molecule has 0 aliphatic rings. The van der Waals surface area contributed by atoms with Crippen LogP contribution in [-0.2, 0) is 0 Å². The minimum absolute atomic E-state index is 0.593. The van der Waals surface area contributed by atoms with Crippen LogP contribution in [0.1, 0.15) is 19.4 Å². The third-order valence-electron chi connectivity index (χ3n) is 2.70. The van der Waals surface area contributed by atoms with Crippen LogP contribution in [0.5, 0.6) is 0 Å². The number of hydrogen-bond acceptors (Lipinski definition) is 5. The minimum Gasteiger partial charge on any atom is -0.387 e. The molecule has 5 heteroatoms. The molecule has 1 aromatic rings. The first-order chi connectivity index (χ1) is 8.21. The predicted molar refractivity (Wildman–Crippen MR) is 71.6 cm³/mol. The van der Waals surface area contributed by atoms with Gasteiger partial charge in [-0.15, -0.1) is 0 Å². The van der Waals surface area contributed by atoms with Crippen LogP contribution in [0, 0.1) is 11.3 Å². The van der Waals surface area contributed by atoms with Gasteiger partial charge in [0.05, 0.1) is 5.69 Å². The van der Waals surface area contributed by atoms with Gasteiger partial charge in [0.15, 0.2) is 5.82 Å². The molecule has 0 fully saturated rings. The monoisotopic (exact) mass is 233 g/mol. The van der Waals surface area contributed by atoms with Crippen molar-refractivity contribution in [3.8, 4) is 6.07 Å². The highest BCUT2D eigenvalue weighted by Crippen LogP contribution is 2.27. The van der Waals surface area contributed by atoms with E-state index in [0.29, 0.717) is 5.56 Å². The molecule has 2 N–H and O–H groups in total. The lowest BCUT2D eigenvalue weighted by atomic mass is 10.2. The van der Waals surface area contributed by atoms with E-state index in [1.807, 2.05) is 20.2 Å². The fraction of sp³-hybridized carbons (Fsp3) is 0.500. The van der Waals surface area contributed by atoms with Gasteiger partial charge in [-0.2, -0.15) is 5.26 Å². The van der Waals surface area contributed by atoms with Gasteiger partial charge in [0.2, 0.25) is 0 Å². The summed E-state index contributed by atoms with van der Waals surface area (Å²) in [4.78, 5) is 6.53. The highest BCUT2D eigenvalue weighted by atomic mass is 15.2. The highest BCUT2D eigenvalue weighted by molar-refractivity contribution is 5.72. The van der Waals surface area contributed by atoms with E-state index in [1.165, 1.54) is 0 Å². The van der Waals surface area contributed by atoms with Crippen LogP contribution in [0.15, 0.2) is 6.07 Å². The summed E-state index contributed by atoms with van der Waals surface area (Å²) in [6.45, 7) is 5.76. The van der Waals surface area contributed by atoms with E-state index < -0.39 is 0 Å². The van der Waals surface area contributed by atoms with Crippen LogP contribution in [0.4, 0.5) is 17.3 Å². The van der Waals surface area contributed by atoms with Crippen molar-refractivity contribution in [2.45, 2.75) is 13.8 Å². The standard InChI is InChI=1S/C12H19N5/c1-5-17(6-2)12-9(8-13)10(14-3)7-11(15-4)16-12/h7H,5-6H2,1-4H3,(H2,14,15,16). The third kappa shape index (κ3) is 2.59. The van der Waals surface area contributed by atoms with E-state index in [0.717, 1.165) is 30.4 Å². The first kappa shape index (κ1) is 13.1. The molecule has 0 saturated heterocycles. The SMILES string of the molecule is CCN(CC)c1nc(NC)cc(NC)c1C#N. The van der Waals surface area contributed by atoms with Crippen molar-refractivity contribution in [2.75, 3.05) is 42.7 Å². The molecule has 0 amide bonds. The summed E-state index contributed by atoms with van der Waals surface area (Å²) >= 11 is 0. The molecule has 0 aromatic carbocycles. The maximum Gasteiger partial charge on any atom is 0.151 e. The molecule has 0 unspecified atom stereocenters. The van der Waals surface area contributed by atoms with Crippen LogP contribution in [0.3, 0.4) is 0 Å². The molecule has 0 aliphatic carbocycles. The Morgan fingerprint density at radius 2 is 1.94 bits per heavy atom. The van der Waals surface area contributed by atoms with Gasteiger partial charge in [-0.25, -0.2) is 4.98 Å². The van der Waals surface area contributed by atoms with Gasteiger partial charge in [0.25, 0.3) is 0 Å². The molecule has 0 bridgehead atoms. The van der Waals surface area contributed by atoms with Crippen molar-refractivity contribution >= 4 is 17.3 Å². The fourth-order valence-electron chi connectivity index (χ4n) is 1.72. The van der Waals surface area contributed by atoms with Gasteiger partial charge in [0, 0.05) is 33.3 Å². The van der Waals surface area contributed by atoms with E-state index in [4.69, 9.17) is 0 Å². The van der Waals surface area contributed by atoms with Crippen LogP contribution >= 0.6 is 0 Å². The van der Waals surface area contributed by atoms with Gasteiger partial charge >= 0.3 is 0 Å². The Labute approximate surface area is 102 Å². The van der Waals surface area contributed by atoms with Crippen molar-refractivity contribution in [3.05, 3.63) is 11.6 Å². The van der Waals surface area contributed by atoms with E-state index >= 15 is 0 Å². The molecule has 0 atom stereocenters. The molecular weight excluding hydrogens is 214 g/mol. The summed E-state index contributed by atoms with van der Waals surface area (Å²) in [5, 5.41) is 15.3. The Bertz CT molecular complexity index is 418. The lowest BCUT2D eigenvalue weighted by molar-refractivity contribution is 0.845. The number of hydrogen-bond donors (Lipinski definition) is 2. The Morgan fingerprint density at radius 3 is 2.35 bits per heavy atom. The van der Waals surface area contributed by atoms with Gasteiger partial charge in [0.1, 0.15) is 17.5 Å². The maximum atomic E-state index is 9.26. The third-order valence-corrected chi connectivity index (χ3v) is 2.70. The normalized spacial score (nSPS) is 9.59. The quantitative estimate of drug-likeness (QED) is 0.813. The number of nitrogens with one attached hydrogen (secondary N) is 2. The van der Waals surface area contributed by atoms with Crippen LogP contribution in [0.25, 0.3) is 0 Å². The lowest BCUT2D eigenvalue weighted by Crippen LogP contribution is -2.24. The van der Waals surface area contributed by atoms with E-state index in [2.05, 4.69) is 40.4 Å². The summed E-state index contributed by atoms with van der Waals surface area (Å²) in [6.07, 6.45) is 0. The number of rotatable bonds is 5. The van der Waals surface area contributed by atoms with E-state index in [-0.39, 0.29) is 0 Å². The second-order valence-electron chi connectivity index (χ2n) is 3.54. The predicted octanol–water partition coefficient (Wildman–Crippen LogP) is 1.88. The average Bonchev–Trinajstić information content (AvgIpc) is 2.39. The second-order valence-corrected chi connectivity index (χ2v) is 3.54. The Morgan fingerprint density at radius 1 is 1.29 bits per heavy atom. The average molecular weight is 233 g/mol. The molecular formula is C12H19N5. The molecule has 0 aliphatic heterocycles. The smallest absolute Gasteiger partial charge is 0.151 e. The molecule has 1 aromatic heterocycles. The Balaban J connectivity index is 3.39. The van der Waals surface area contributed by atoms with Gasteiger partial charge in [-0.1, -0.05) is 0 Å². The summed E-state index contributed by atoms with van der Waals surface area (Å²) in [7, 11) is 3.63. The topological polar surface area (TPSA) is 64.0 Å². The molecule has 0 saturated carbocycles. The molecule has 5 nitrogen and oxygen atoms in total. The second kappa shape index (κ2) is 5.94. The first-order valence-electron chi connectivity index (χ1n) is 5.77. The zero-order chi connectivity index (χ0) is 12.8. The molecule has 1 heterocycles. The van der Waals surface area contributed by atoms with Crippen molar-refractivity contribution in [1.29, 1.82) is 5.26 Å².